The third kappa shape index (κ3) is 3.69. The Bertz CT molecular complexity index is 746. The molecule has 2 heterocycles. The molecule has 0 aromatic rings. The average Bonchev–Trinajstić information content (AvgIpc) is 2.43. The Balaban J connectivity index is 2.49. The number of carbonyl (C=O) groups is 3. The molecule has 0 spiro atoms. The Morgan fingerprint density at radius 2 is 1.88 bits per heavy atom. The van der Waals surface area contributed by atoms with Gasteiger partial charge >= 0.3 is 11.9 Å². The first kappa shape index (κ1) is 19.4. The molecule has 9 nitrogen and oxygen atoms in total. The predicted octanol–water partition coefficient (Wildman–Crippen LogP) is -0.243. The van der Waals surface area contributed by atoms with E-state index in [1.807, 2.05) is 0 Å². The maximum absolute atomic E-state index is 12.6. The van der Waals surface area contributed by atoms with Gasteiger partial charge in [-0.2, -0.15) is 0 Å². The van der Waals surface area contributed by atoms with Crippen LogP contribution in [0, 0.1) is 0 Å². The van der Waals surface area contributed by atoms with Gasteiger partial charge in [0.15, 0.2) is 21.3 Å². The summed E-state index contributed by atoms with van der Waals surface area (Å²) in [4.78, 5) is 36.8. The van der Waals surface area contributed by atoms with Gasteiger partial charge in [0.05, 0.1) is 5.75 Å². The molecule has 2 aliphatic rings. The molecule has 140 valence electrons. The SMILES string of the molecule is COC1C(=O)N2C(C(=O)OC(C)(C)C)=C(COC(C)=O)CS(=O)(=O)C12. The van der Waals surface area contributed by atoms with E-state index in [1.54, 1.807) is 20.8 Å². The van der Waals surface area contributed by atoms with E-state index in [4.69, 9.17) is 14.2 Å². The summed E-state index contributed by atoms with van der Waals surface area (Å²) in [6.07, 6.45) is -1.17. The normalized spacial score (nSPS) is 25.2. The molecule has 2 aliphatic heterocycles. The number of carbonyl (C=O) groups excluding carboxylic acids is 3. The number of ether oxygens (including phenoxy) is 3. The highest BCUT2D eigenvalue weighted by Crippen LogP contribution is 2.38. The van der Waals surface area contributed by atoms with Crippen LogP contribution in [-0.2, 0) is 38.4 Å². The second-order valence-electron chi connectivity index (χ2n) is 6.80. The standard InChI is InChI=1S/C15H21NO8S/c1-8(17)23-6-9-7-25(20,21)13-11(22-5)12(18)16(13)10(9)14(19)24-15(2,3)4/h11,13H,6-7H2,1-5H3. The minimum absolute atomic E-state index is 0.00334. The summed E-state index contributed by atoms with van der Waals surface area (Å²) in [7, 11) is -2.58. The molecule has 0 saturated carbocycles. The second-order valence-corrected chi connectivity index (χ2v) is 8.89. The largest absolute Gasteiger partial charge is 0.461 e. The summed E-state index contributed by atoms with van der Waals surface area (Å²) in [6.45, 7) is 5.67. The van der Waals surface area contributed by atoms with Gasteiger partial charge in [-0.15, -0.1) is 0 Å². The van der Waals surface area contributed by atoms with Gasteiger partial charge in [0.1, 0.15) is 17.9 Å². The van der Waals surface area contributed by atoms with Crippen LogP contribution in [0.25, 0.3) is 0 Å². The van der Waals surface area contributed by atoms with Crippen molar-refractivity contribution < 1.29 is 37.0 Å². The Labute approximate surface area is 145 Å². The lowest BCUT2D eigenvalue weighted by Crippen LogP contribution is -2.70. The zero-order valence-corrected chi connectivity index (χ0v) is 15.5. The molecule has 10 heteroatoms. The lowest BCUT2D eigenvalue weighted by atomic mass is 10.1. The number of nitrogens with zero attached hydrogens (tertiary/aromatic N) is 1. The third-order valence-corrected chi connectivity index (χ3v) is 5.55. The van der Waals surface area contributed by atoms with Gasteiger partial charge in [-0.3, -0.25) is 14.5 Å². The maximum atomic E-state index is 12.6. The molecule has 1 amide bonds. The number of esters is 2. The van der Waals surface area contributed by atoms with Crippen molar-refractivity contribution in [3.8, 4) is 0 Å². The van der Waals surface area contributed by atoms with Crippen LogP contribution in [0.3, 0.4) is 0 Å². The fourth-order valence-electron chi connectivity index (χ4n) is 2.68. The van der Waals surface area contributed by atoms with E-state index in [0.717, 1.165) is 11.8 Å². The Morgan fingerprint density at radius 1 is 1.28 bits per heavy atom. The van der Waals surface area contributed by atoms with Crippen LogP contribution in [0.2, 0.25) is 0 Å². The summed E-state index contributed by atoms with van der Waals surface area (Å²) in [5, 5.41) is -1.28. The van der Waals surface area contributed by atoms with Crippen molar-refractivity contribution in [2.45, 2.75) is 44.8 Å². The number of β-lactam (4-membered cyclic amide) rings is 1. The van der Waals surface area contributed by atoms with Crippen molar-refractivity contribution in [3.05, 3.63) is 11.3 Å². The van der Waals surface area contributed by atoms with E-state index in [-0.39, 0.29) is 11.3 Å². The summed E-state index contributed by atoms with van der Waals surface area (Å²) in [6, 6.07) is 0. The number of methoxy groups -OCH3 is 1. The molecule has 0 aromatic heterocycles. The van der Waals surface area contributed by atoms with Crippen molar-refractivity contribution in [3.63, 3.8) is 0 Å². The topological polar surface area (TPSA) is 116 Å². The Morgan fingerprint density at radius 3 is 2.36 bits per heavy atom. The van der Waals surface area contributed by atoms with Gasteiger partial charge in [-0.1, -0.05) is 0 Å². The number of hydrogen-bond acceptors (Lipinski definition) is 8. The first-order valence-electron chi connectivity index (χ1n) is 7.55. The van der Waals surface area contributed by atoms with Crippen LogP contribution in [-0.4, -0.2) is 67.7 Å². The van der Waals surface area contributed by atoms with E-state index in [1.165, 1.54) is 7.11 Å². The molecule has 0 N–H and O–H groups in total. The second kappa shape index (κ2) is 6.41. The highest BCUT2D eigenvalue weighted by atomic mass is 32.2. The molecule has 1 saturated heterocycles. The number of sulfone groups is 1. The van der Waals surface area contributed by atoms with E-state index in [0.29, 0.717) is 0 Å². The van der Waals surface area contributed by atoms with Gasteiger partial charge in [0.2, 0.25) is 0 Å². The molecule has 2 rings (SSSR count). The minimum atomic E-state index is -3.80. The average molecular weight is 375 g/mol. The fourth-order valence-corrected chi connectivity index (χ4v) is 4.69. The summed E-state index contributed by atoms with van der Waals surface area (Å²) < 4.78 is 40.0. The van der Waals surface area contributed by atoms with Gasteiger partial charge in [-0.25, -0.2) is 13.2 Å². The fraction of sp³-hybridized carbons (Fsp3) is 0.667. The molecule has 2 atom stereocenters. The Kier molecular flexibility index (Phi) is 4.97. The first-order valence-corrected chi connectivity index (χ1v) is 9.27. The van der Waals surface area contributed by atoms with E-state index >= 15 is 0 Å². The molecule has 1 fully saturated rings. The third-order valence-electron chi connectivity index (χ3n) is 3.61. The van der Waals surface area contributed by atoms with Crippen molar-refractivity contribution >= 4 is 27.7 Å². The number of hydrogen-bond donors (Lipinski definition) is 0. The molecule has 0 bridgehead atoms. The predicted molar refractivity (Wildman–Crippen MR) is 84.7 cm³/mol. The highest BCUT2D eigenvalue weighted by molar-refractivity contribution is 7.92. The summed E-state index contributed by atoms with van der Waals surface area (Å²) in [5.41, 5.74) is -1.05. The van der Waals surface area contributed by atoms with Crippen molar-refractivity contribution in [1.29, 1.82) is 0 Å². The quantitative estimate of drug-likeness (QED) is 0.488. The van der Waals surface area contributed by atoms with Gasteiger partial charge in [-0.05, 0) is 20.8 Å². The number of amides is 1. The molecule has 0 aromatic carbocycles. The molecule has 2 unspecified atom stereocenters. The smallest absolute Gasteiger partial charge is 0.355 e. The lowest BCUT2D eigenvalue weighted by Gasteiger charge is -2.48. The number of fused-ring (bicyclic) bond motifs is 1. The summed E-state index contributed by atoms with van der Waals surface area (Å²) >= 11 is 0. The molecule has 25 heavy (non-hydrogen) atoms. The minimum Gasteiger partial charge on any atom is -0.461 e. The highest BCUT2D eigenvalue weighted by Gasteiger charge is 2.60. The molecular weight excluding hydrogens is 354 g/mol. The summed E-state index contributed by atoms with van der Waals surface area (Å²) in [5.74, 6) is -2.67. The van der Waals surface area contributed by atoms with Gasteiger partial charge in [0.25, 0.3) is 5.91 Å². The lowest BCUT2D eigenvalue weighted by molar-refractivity contribution is -0.167. The zero-order valence-electron chi connectivity index (χ0n) is 14.7. The van der Waals surface area contributed by atoms with Crippen LogP contribution in [0.15, 0.2) is 11.3 Å². The van der Waals surface area contributed by atoms with Gasteiger partial charge in [0, 0.05) is 19.6 Å². The van der Waals surface area contributed by atoms with Crippen LogP contribution >= 0.6 is 0 Å². The van der Waals surface area contributed by atoms with E-state index in [9.17, 15) is 22.8 Å². The molecular formula is C15H21NO8S. The molecule has 0 aliphatic carbocycles. The van der Waals surface area contributed by atoms with Crippen LogP contribution in [0.4, 0.5) is 0 Å². The van der Waals surface area contributed by atoms with E-state index < -0.39 is 57.1 Å². The first-order chi connectivity index (χ1) is 11.4. The molecule has 0 radical (unpaired) electrons. The van der Waals surface area contributed by atoms with Crippen LogP contribution in [0.1, 0.15) is 27.7 Å². The van der Waals surface area contributed by atoms with Crippen LogP contribution < -0.4 is 0 Å². The van der Waals surface area contributed by atoms with Crippen molar-refractivity contribution in [2.24, 2.45) is 0 Å². The van der Waals surface area contributed by atoms with Crippen molar-refractivity contribution in [1.82, 2.24) is 4.90 Å². The monoisotopic (exact) mass is 375 g/mol. The van der Waals surface area contributed by atoms with Gasteiger partial charge < -0.3 is 14.2 Å². The maximum Gasteiger partial charge on any atom is 0.355 e. The van der Waals surface area contributed by atoms with Crippen LogP contribution in [0.5, 0.6) is 0 Å². The Hall–Kier alpha value is -1.94. The van der Waals surface area contributed by atoms with Crippen molar-refractivity contribution in [2.75, 3.05) is 19.5 Å². The van der Waals surface area contributed by atoms with E-state index in [2.05, 4.69) is 0 Å². The zero-order chi connectivity index (χ0) is 19.2. The number of rotatable bonds is 4.